The van der Waals surface area contributed by atoms with E-state index < -0.39 is 0 Å². The molecule has 2 nitrogen and oxygen atoms in total. The van der Waals surface area contributed by atoms with E-state index in [1.54, 1.807) is 0 Å². The second kappa shape index (κ2) is 5.08. The number of nitrogens with zero attached hydrogens (tertiary/aromatic N) is 2. The SMILES string of the molecule is CN1CCC(CC#N)(c2ccc(Cl)cc2)CC1. The first-order chi connectivity index (χ1) is 8.16. The lowest BCUT2D eigenvalue weighted by Crippen LogP contribution is -2.40. The van der Waals surface area contributed by atoms with Crippen LogP contribution in [0.15, 0.2) is 24.3 Å². The first kappa shape index (κ1) is 12.4. The topological polar surface area (TPSA) is 27.0 Å². The zero-order chi connectivity index (χ0) is 12.3. The van der Waals surface area contributed by atoms with E-state index in [0.717, 1.165) is 31.0 Å². The lowest BCUT2D eigenvalue weighted by atomic mass is 9.71. The molecule has 1 aliphatic rings. The standard InChI is InChI=1S/C14H17ClN2/c1-17-10-7-14(6-9-16,8-11-17)12-2-4-13(15)5-3-12/h2-5H,6-8,10-11H2,1H3. The summed E-state index contributed by atoms with van der Waals surface area (Å²) in [5, 5.41) is 9.83. The second-order valence-corrected chi connectivity index (χ2v) is 5.36. The van der Waals surface area contributed by atoms with Crippen molar-refractivity contribution in [1.82, 2.24) is 4.90 Å². The van der Waals surface area contributed by atoms with Gasteiger partial charge in [0.15, 0.2) is 0 Å². The van der Waals surface area contributed by atoms with E-state index >= 15 is 0 Å². The van der Waals surface area contributed by atoms with Crippen molar-refractivity contribution in [2.24, 2.45) is 0 Å². The normalized spacial score (nSPS) is 19.8. The van der Waals surface area contributed by atoms with Gasteiger partial charge in [-0.05, 0) is 50.7 Å². The van der Waals surface area contributed by atoms with Crippen molar-refractivity contribution < 1.29 is 0 Å². The van der Waals surface area contributed by atoms with Gasteiger partial charge in [-0.1, -0.05) is 23.7 Å². The van der Waals surface area contributed by atoms with E-state index in [-0.39, 0.29) is 5.41 Å². The molecular weight excluding hydrogens is 232 g/mol. The molecule has 1 aromatic carbocycles. The second-order valence-electron chi connectivity index (χ2n) is 4.93. The van der Waals surface area contributed by atoms with Crippen LogP contribution >= 0.6 is 11.6 Å². The highest BCUT2D eigenvalue weighted by molar-refractivity contribution is 6.30. The largest absolute Gasteiger partial charge is 0.306 e. The molecule has 0 aromatic heterocycles. The van der Waals surface area contributed by atoms with Crippen LogP contribution in [-0.2, 0) is 5.41 Å². The van der Waals surface area contributed by atoms with Crippen LogP contribution in [0, 0.1) is 11.3 Å². The molecule has 0 radical (unpaired) electrons. The Hall–Kier alpha value is -1.04. The maximum Gasteiger partial charge on any atom is 0.0631 e. The highest BCUT2D eigenvalue weighted by Gasteiger charge is 2.35. The quantitative estimate of drug-likeness (QED) is 0.804. The summed E-state index contributed by atoms with van der Waals surface area (Å²) in [4.78, 5) is 2.32. The third kappa shape index (κ3) is 2.62. The van der Waals surface area contributed by atoms with Crippen LogP contribution in [0.4, 0.5) is 0 Å². The Morgan fingerprint density at radius 1 is 1.29 bits per heavy atom. The molecule has 0 spiro atoms. The summed E-state index contributed by atoms with van der Waals surface area (Å²) in [6.45, 7) is 2.12. The molecule has 3 heteroatoms. The average Bonchev–Trinajstić information content (AvgIpc) is 2.34. The van der Waals surface area contributed by atoms with Crippen LogP contribution < -0.4 is 0 Å². The number of hydrogen-bond acceptors (Lipinski definition) is 2. The summed E-state index contributed by atoms with van der Waals surface area (Å²) in [5.74, 6) is 0. The van der Waals surface area contributed by atoms with Gasteiger partial charge in [-0.2, -0.15) is 5.26 Å². The first-order valence-corrected chi connectivity index (χ1v) is 6.36. The number of piperidine rings is 1. The van der Waals surface area contributed by atoms with Gasteiger partial charge in [-0.15, -0.1) is 0 Å². The Bertz CT molecular complexity index is 411. The van der Waals surface area contributed by atoms with Crippen LogP contribution in [0.2, 0.25) is 5.02 Å². The number of hydrogen-bond donors (Lipinski definition) is 0. The highest BCUT2D eigenvalue weighted by Crippen LogP contribution is 2.38. The van der Waals surface area contributed by atoms with Gasteiger partial charge in [0.1, 0.15) is 0 Å². The van der Waals surface area contributed by atoms with Crippen molar-refractivity contribution in [1.29, 1.82) is 5.26 Å². The molecule has 1 saturated heterocycles. The summed E-state index contributed by atoms with van der Waals surface area (Å²) in [6, 6.07) is 10.4. The monoisotopic (exact) mass is 248 g/mol. The van der Waals surface area contributed by atoms with Crippen molar-refractivity contribution in [3.05, 3.63) is 34.9 Å². The lowest BCUT2D eigenvalue weighted by Gasteiger charge is -2.39. The third-order valence-electron chi connectivity index (χ3n) is 3.82. The molecule has 0 amide bonds. The van der Waals surface area contributed by atoms with E-state index in [0.29, 0.717) is 6.42 Å². The molecule has 1 heterocycles. The van der Waals surface area contributed by atoms with Crippen molar-refractivity contribution in [2.75, 3.05) is 20.1 Å². The minimum absolute atomic E-state index is 0.0336. The maximum atomic E-state index is 9.08. The van der Waals surface area contributed by atoms with Crippen LogP contribution in [-0.4, -0.2) is 25.0 Å². The van der Waals surface area contributed by atoms with Gasteiger partial charge >= 0.3 is 0 Å². The van der Waals surface area contributed by atoms with Gasteiger partial charge in [0.25, 0.3) is 0 Å². The maximum absolute atomic E-state index is 9.08. The Kier molecular flexibility index (Phi) is 3.71. The zero-order valence-corrected chi connectivity index (χ0v) is 10.9. The molecule has 0 N–H and O–H groups in total. The predicted octanol–water partition coefficient (Wildman–Crippen LogP) is 3.22. The average molecular weight is 249 g/mol. The Morgan fingerprint density at radius 3 is 2.41 bits per heavy atom. The molecule has 0 bridgehead atoms. The summed E-state index contributed by atoms with van der Waals surface area (Å²) >= 11 is 5.92. The Labute approximate surface area is 108 Å². The fraction of sp³-hybridized carbons (Fsp3) is 0.500. The molecule has 90 valence electrons. The molecular formula is C14H17ClN2. The van der Waals surface area contributed by atoms with E-state index in [4.69, 9.17) is 16.9 Å². The van der Waals surface area contributed by atoms with Gasteiger partial charge in [0.05, 0.1) is 6.07 Å². The van der Waals surface area contributed by atoms with Crippen LogP contribution in [0.5, 0.6) is 0 Å². The Morgan fingerprint density at radius 2 is 1.88 bits per heavy atom. The predicted molar refractivity (Wildman–Crippen MR) is 70.1 cm³/mol. The van der Waals surface area contributed by atoms with Crippen LogP contribution in [0.1, 0.15) is 24.8 Å². The minimum atomic E-state index is 0.0336. The van der Waals surface area contributed by atoms with Crippen molar-refractivity contribution in [3.63, 3.8) is 0 Å². The van der Waals surface area contributed by atoms with Crippen molar-refractivity contribution in [3.8, 4) is 6.07 Å². The van der Waals surface area contributed by atoms with Crippen molar-refractivity contribution >= 4 is 11.6 Å². The van der Waals surface area contributed by atoms with Crippen LogP contribution in [0.25, 0.3) is 0 Å². The lowest BCUT2D eigenvalue weighted by molar-refractivity contribution is 0.189. The third-order valence-corrected chi connectivity index (χ3v) is 4.07. The molecule has 2 rings (SSSR count). The molecule has 0 unspecified atom stereocenters. The molecule has 0 aliphatic carbocycles. The molecule has 0 atom stereocenters. The fourth-order valence-corrected chi connectivity index (χ4v) is 2.69. The number of halogens is 1. The Balaban J connectivity index is 2.28. The van der Waals surface area contributed by atoms with Gasteiger partial charge in [-0.25, -0.2) is 0 Å². The number of benzene rings is 1. The molecule has 1 fully saturated rings. The number of likely N-dealkylation sites (tertiary alicyclic amines) is 1. The van der Waals surface area contributed by atoms with Gasteiger partial charge in [0, 0.05) is 16.9 Å². The van der Waals surface area contributed by atoms with E-state index in [1.165, 1.54) is 5.56 Å². The van der Waals surface area contributed by atoms with Crippen molar-refractivity contribution in [2.45, 2.75) is 24.7 Å². The van der Waals surface area contributed by atoms with E-state index in [9.17, 15) is 0 Å². The first-order valence-electron chi connectivity index (χ1n) is 5.98. The summed E-state index contributed by atoms with van der Waals surface area (Å²) in [6.07, 6.45) is 2.71. The molecule has 17 heavy (non-hydrogen) atoms. The summed E-state index contributed by atoms with van der Waals surface area (Å²) in [7, 11) is 2.14. The van der Waals surface area contributed by atoms with Gasteiger partial charge in [0.2, 0.25) is 0 Å². The van der Waals surface area contributed by atoms with Gasteiger partial charge < -0.3 is 4.90 Å². The molecule has 0 saturated carbocycles. The smallest absolute Gasteiger partial charge is 0.0631 e. The van der Waals surface area contributed by atoms with E-state index in [2.05, 4.69) is 30.1 Å². The van der Waals surface area contributed by atoms with Crippen LogP contribution in [0.3, 0.4) is 0 Å². The van der Waals surface area contributed by atoms with E-state index in [1.807, 2.05) is 12.1 Å². The minimum Gasteiger partial charge on any atom is -0.306 e. The van der Waals surface area contributed by atoms with Gasteiger partial charge in [-0.3, -0.25) is 0 Å². The number of rotatable bonds is 2. The molecule has 1 aromatic rings. The number of nitriles is 1. The molecule has 1 aliphatic heterocycles. The fourth-order valence-electron chi connectivity index (χ4n) is 2.57. The summed E-state index contributed by atoms with van der Waals surface area (Å²) in [5.41, 5.74) is 1.29. The summed E-state index contributed by atoms with van der Waals surface area (Å²) < 4.78 is 0. The highest BCUT2D eigenvalue weighted by atomic mass is 35.5. The zero-order valence-electron chi connectivity index (χ0n) is 10.1.